The summed E-state index contributed by atoms with van der Waals surface area (Å²) in [5.41, 5.74) is -0.910. The van der Waals surface area contributed by atoms with Gasteiger partial charge in [0.15, 0.2) is 0 Å². The van der Waals surface area contributed by atoms with Crippen LogP contribution in [0.1, 0.15) is 11.3 Å². The number of pyridine rings is 1. The molecule has 0 saturated carbocycles. The van der Waals surface area contributed by atoms with Crippen molar-refractivity contribution in [3.8, 4) is 0 Å². The Kier molecular flexibility index (Phi) is 3.87. The van der Waals surface area contributed by atoms with E-state index in [1.807, 2.05) is 0 Å². The van der Waals surface area contributed by atoms with Crippen LogP contribution in [0.3, 0.4) is 0 Å². The molecule has 1 heterocycles. The molecule has 0 amide bonds. The number of anilines is 1. The first-order valence-electron chi connectivity index (χ1n) is 5.58. The monoisotopic (exact) mass is 288 g/mol. The molecule has 0 saturated heterocycles. The van der Waals surface area contributed by atoms with Crippen LogP contribution in [0, 0.1) is 11.6 Å². The number of benzene rings is 1. The molecule has 1 aromatic heterocycles. The van der Waals surface area contributed by atoms with E-state index in [-0.39, 0.29) is 17.9 Å². The van der Waals surface area contributed by atoms with Gasteiger partial charge in [0.2, 0.25) is 0 Å². The summed E-state index contributed by atoms with van der Waals surface area (Å²) in [7, 11) is 0. The van der Waals surface area contributed by atoms with Crippen LogP contribution in [0.2, 0.25) is 0 Å². The number of aromatic nitrogens is 1. The average molecular weight is 288 g/mol. The molecule has 0 aliphatic carbocycles. The Morgan fingerprint density at radius 1 is 1.05 bits per heavy atom. The first-order valence-corrected chi connectivity index (χ1v) is 5.58. The topological polar surface area (TPSA) is 24.9 Å². The SMILES string of the molecule is Fc1ccc(CNc2cccc(C(F)(F)F)n2)c(F)c1. The number of alkyl halides is 3. The Morgan fingerprint density at radius 3 is 2.45 bits per heavy atom. The van der Waals surface area contributed by atoms with Gasteiger partial charge in [-0.1, -0.05) is 12.1 Å². The lowest BCUT2D eigenvalue weighted by Crippen LogP contribution is -2.10. The third-order valence-electron chi connectivity index (χ3n) is 2.51. The van der Waals surface area contributed by atoms with Crippen molar-refractivity contribution >= 4 is 5.82 Å². The van der Waals surface area contributed by atoms with Gasteiger partial charge >= 0.3 is 6.18 Å². The van der Waals surface area contributed by atoms with Crippen molar-refractivity contribution in [2.24, 2.45) is 0 Å². The molecule has 106 valence electrons. The molecule has 2 aromatic rings. The Bertz CT molecular complexity index is 610. The summed E-state index contributed by atoms with van der Waals surface area (Å²) in [6.07, 6.45) is -4.54. The maximum Gasteiger partial charge on any atom is 0.433 e. The van der Waals surface area contributed by atoms with E-state index in [1.54, 1.807) is 0 Å². The fourth-order valence-corrected chi connectivity index (χ4v) is 1.54. The second-order valence-electron chi connectivity index (χ2n) is 4.00. The number of nitrogens with one attached hydrogen (secondary N) is 1. The minimum atomic E-state index is -4.54. The van der Waals surface area contributed by atoms with E-state index in [2.05, 4.69) is 10.3 Å². The van der Waals surface area contributed by atoms with Gasteiger partial charge < -0.3 is 5.32 Å². The Balaban J connectivity index is 2.11. The Labute approximate surface area is 111 Å². The fraction of sp³-hybridized carbons (Fsp3) is 0.154. The zero-order valence-electron chi connectivity index (χ0n) is 10.0. The van der Waals surface area contributed by atoms with Crippen LogP contribution in [-0.2, 0) is 12.7 Å². The molecule has 0 radical (unpaired) electrons. The number of rotatable bonds is 3. The molecule has 2 nitrogen and oxygen atoms in total. The normalized spacial score (nSPS) is 11.4. The molecule has 0 aliphatic rings. The van der Waals surface area contributed by atoms with E-state index in [0.29, 0.717) is 6.07 Å². The highest BCUT2D eigenvalue weighted by atomic mass is 19.4. The summed E-state index contributed by atoms with van der Waals surface area (Å²) in [6.45, 7) is -0.0968. The second kappa shape index (κ2) is 5.44. The molecule has 0 atom stereocenters. The molecular weight excluding hydrogens is 279 g/mol. The average Bonchev–Trinajstić information content (AvgIpc) is 2.37. The molecule has 20 heavy (non-hydrogen) atoms. The molecule has 0 aliphatic heterocycles. The molecule has 0 unspecified atom stereocenters. The molecule has 0 spiro atoms. The third-order valence-corrected chi connectivity index (χ3v) is 2.51. The van der Waals surface area contributed by atoms with Crippen LogP contribution in [0.4, 0.5) is 27.8 Å². The van der Waals surface area contributed by atoms with E-state index in [1.165, 1.54) is 18.2 Å². The number of hydrogen-bond acceptors (Lipinski definition) is 2. The lowest BCUT2D eigenvalue weighted by Gasteiger charge is -2.10. The Hall–Kier alpha value is -2.18. The van der Waals surface area contributed by atoms with Crippen LogP contribution < -0.4 is 5.32 Å². The summed E-state index contributed by atoms with van der Waals surface area (Å²) in [5.74, 6) is -1.53. The maximum atomic E-state index is 13.3. The third kappa shape index (κ3) is 3.43. The van der Waals surface area contributed by atoms with Crippen molar-refractivity contribution in [2.45, 2.75) is 12.7 Å². The summed E-state index contributed by atoms with van der Waals surface area (Å²) >= 11 is 0. The summed E-state index contributed by atoms with van der Waals surface area (Å²) in [5, 5.41) is 2.56. The zero-order valence-corrected chi connectivity index (χ0v) is 10.0. The largest absolute Gasteiger partial charge is 0.433 e. The lowest BCUT2D eigenvalue weighted by atomic mass is 10.2. The highest BCUT2D eigenvalue weighted by molar-refractivity contribution is 5.37. The molecular formula is C13H9F5N2. The molecule has 1 aromatic carbocycles. The van der Waals surface area contributed by atoms with E-state index < -0.39 is 23.5 Å². The van der Waals surface area contributed by atoms with Gasteiger partial charge in [0, 0.05) is 18.2 Å². The van der Waals surface area contributed by atoms with E-state index >= 15 is 0 Å². The van der Waals surface area contributed by atoms with E-state index in [0.717, 1.165) is 12.1 Å². The predicted octanol–water partition coefficient (Wildman–Crippen LogP) is 3.99. The highest BCUT2D eigenvalue weighted by Gasteiger charge is 2.32. The molecule has 1 N–H and O–H groups in total. The van der Waals surface area contributed by atoms with Gasteiger partial charge in [-0.05, 0) is 18.2 Å². The summed E-state index contributed by atoms with van der Waals surface area (Å²) in [4.78, 5) is 3.37. The first kappa shape index (κ1) is 14.2. The number of halogens is 5. The minimum absolute atomic E-state index is 0.0384. The van der Waals surface area contributed by atoms with Crippen LogP contribution in [0.5, 0.6) is 0 Å². The zero-order chi connectivity index (χ0) is 14.8. The van der Waals surface area contributed by atoms with Crippen molar-refractivity contribution in [3.63, 3.8) is 0 Å². The number of nitrogens with zero attached hydrogens (tertiary/aromatic N) is 1. The van der Waals surface area contributed by atoms with Crippen molar-refractivity contribution in [1.29, 1.82) is 0 Å². The lowest BCUT2D eigenvalue weighted by molar-refractivity contribution is -0.141. The smallest absolute Gasteiger partial charge is 0.366 e. The summed E-state index contributed by atoms with van der Waals surface area (Å²) < 4.78 is 63.4. The van der Waals surface area contributed by atoms with Gasteiger partial charge in [0.1, 0.15) is 23.1 Å². The van der Waals surface area contributed by atoms with Crippen molar-refractivity contribution < 1.29 is 22.0 Å². The van der Waals surface area contributed by atoms with Gasteiger partial charge in [-0.15, -0.1) is 0 Å². The van der Waals surface area contributed by atoms with Crippen LogP contribution in [0.25, 0.3) is 0 Å². The first-order chi connectivity index (χ1) is 9.36. The molecule has 0 fully saturated rings. The quantitative estimate of drug-likeness (QED) is 0.864. The van der Waals surface area contributed by atoms with E-state index in [9.17, 15) is 22.0 Å². The van der Waals surface area contributed by atoms with E-state index in [4.69, 9.17) is 0 Å². The molecule has 7 heteroatoms. The van der Waals surface area contributed by atoms with Gasteiger partial charge in [-0.25, -0.2) is 13.8 Å². The second-order valence-corrected chi connectivity index (χ2v) is 4.00. The highest BCUT2D eigenvalue weighted by Crippen LogP contribution is 2.28. The number of hydrogen-bond donors (Lipinski definition) is 1. The summed E-state index contributed by atoms with van der Waals surface area (Å²) in [6, 6.07) is 6.35. The maximum absolute atomic E-state index is 13.3. The van der Waals surface area contributed by atoms with Crippen LogP contribution in [0.15, 0.2) is 36.4 Å². The standard InChI is InChI=1S/C13H9F5N2/c14-9-5-4-8(10(15)6-9)7-19-12-3-1-2-11(20-12)13(16,17)18/h1-6H,7H2,(H,19,20). The molecule has 2 rings (SSSR count). The van der Waals surface area contributed by atoms with Crippen molar-refractivity contribution in [3.05, 3.63) is 59.3 Å². The molecule has 0 bridgehead atoms. The predicted molar refractivity (Wildman–Crippen MR) is 62.9 cm³/mol. The van der Waals surface area contributed by atoms with Crippen LogP contribution in [-0.4, -0.2) is 4.98 Å². The van der Waals surface area contributed by atoms with Crippen molar-refractivity contribution in [2.75, 3.05) is 5.32 Å². The van der Waals surface area contributed by atoms with Gasteiger partial charge in [0.25, 0.3) is 0 Å². The van der Waals surface area contributed by atoms with Gasteiger partial charge in [0.05, 0.1) is 0 Å². The van der Waals surface area contributed by atoms with Gasteiger partial charge in [-0.3, -0.25) is 0 Å². The Morgan fingerprint density at radius 2 is 1.80 bits per heavy atom. The van der Waals surface area contributed by atoms with Crippen LogP contribution >= 0.6 is 0 Å². The van der Waals surface area contributed by atoms with Gasteiger partial charge in [-0.2, -0.15) is 13.2 Å². The minimum Gasteiger partial charge on any atom is -0.366 e. The van der Waals surface area contributed by atoms with Crippen molar-refractivity contribution in [1.82, 2.24) is 4.98 Å². The fourth-order valence-electron chi connectivity index (χ4n) is 1.54.